The number of carbonyl (C=O) groups is 1. The molecule has 4 rings (SSSR count). The molecule has 6 heteroatoms. The smallest absolute Gasteiger partial charge is 0.335 e. The van der Waals surface area contributed by atoms with E-state index in [-0.39, 0.29) is 0 Å². The van der Waals surface area contributed by atoms with E-state index in [2.05, 4.69) is 26.9 Å². The quantitative estimate of drug-likeness (QED) is 0.586. The molecular formula is C24H26N4O2. The first kappa shape index (κ1) is 20.0. The number of aromatic nitrogens is 1. The van der Waals surface area contributed by atoms with Crippen LogP contribution in [0.25, 0.3) is 10.9 Å². The molecule has 1 aliphatic heterocycles. The maximum atomic E-state index is 11.2. The summed E-state index contributed by atoms with van der Waals surface area (Å²) >= 11 is 0. The Morgan fingerprint density at radius 2 is 1.93 bits per heavy atom. The van der Waals surface area contributed by atoms with E-state index in [1.165, 1.54) is 5.56 Å². The molecule has 1 aliphatic rings. The molecule has 2 N–H and O–H groups in total. The van der Waals surface area contributed by atoms with Crippen LogP contribution in [0.1, 0.15) is 34.3 Å². The van der Waals surface area contributed by atoms with Gasteiger partial charge in [-0.2, -0.15) is 5.26 Å². The highest BCUT2D eigenvalue weighted by atomic mass is 16.4. The van der Waals surface area contributed by atoms with Gasteiger partial charge in [0.05, 0.1) is 17.2 Å². The van der Waals surface area contributed by atoms with Gasteiger partial charge < -0.3 is 15.0 Å². The minimum absolute atomic E-state index is 0.335. The number of piperazine rings is 1. The number of hydrogen-bond acceptors (Lipinski definition) is 4. The number of nitriles is 1. The molecule has 154 valence electrons. The van der Waals surface area contributed by atoms with Crippen LogP contribution in [-0.2, 0) is 6.42 Å². The third-order valence-electron chi connectivity index (χ3n) is 5.90. The van der Waals surface area contributed by atoms with Gasteiger partial charge >= 0.3 is 5.97 Å². The fourth-order valence-corrected chi connectivity index (χ4v) is 4.17. The van der Waals surface area contributed by atoms with Gasteiger partial charge in [0, 0.05) is 49.0 Å². The Bertz CT molecular complexity index is 1070. The van der Waals surface area contributed by atoms with Crippen LogP contribution >= 0.6 is 0 Å². The summed E-state index contributed by atoms with van der Waals surface area (Å²) in [6.07, 6.45) is 5.15. The second-order valence-electron chi connectivity index (χ2n) is 7.83. The first-order chi connectivity index (χ1) is 14.6. The van der Waals surface area contributed by atoms with Crippen LogP contribution in [-0.4, -0.2) is 53.7 Å². The highest BCUT2D eigenvalue weighted by Crippen LogP contribution is 2.22. The molecule has 2 heterocycles. The lowest BCUT2D eigenvalue weighted by atomic mass is 10.0. The van der Waals surface area contributed by atoms with E-state index in [9.17, 15) is 9.90 Å². The predicted octanol–water partition coefficient (Wildman–Crippen LogP) is 3.88. The van der Waals surface area contributed by atoms with Gasteiger partial charge in [-0.3, -0.25) is 4.90 Å². The number of aromatic amines is 1. The summed E-state index contributed by atoms with van der Waals surface area (Å²) in [5, 5.41) is 19.3. The average Bonchev–Trinajstić information content (AvgIpc) is 3.19. The molecule has 30 heavy (non-hydrogen) atoms. The van der Waals surface area contributed by atoms with Gasteiger partial charge in [0.25, 0.3) is 0 Å². The molecule has 6 nitrogen and oxygen atoms in total. The van der Waals surface area contributed by atoms with Gasteiger partial charge in [0.1, 0.15) is 0 Å². The maximum Gasteiger partial charge on any atom is 0.335 e. The zero-order valence-corrected chi connectivity index (χ0v) is 17.0. The van der Waals surface area contributed by atoms with Crippen molar-refractivity contribution in [2.24, 2.45) is 0 Å². The second kappa shape index (κ2) is 9.02. The summed E-state index contributed by atoms with van der Waals surface area (Å²) in [6, 6.07) is 15.3. The van der Waals surface area contributed by atoms with Crippen molar-refractivity contribution < 1.29 is 9.90 Å². The van der Waals surface area contributed by atoms with Crippen molar-refractivity contribution >= 4 is 22.6 Å². The Balaban J connectivity index is 1.24. The highest BCUT2D eigenvalue weighted by Gasteiger charge is 2.17. The lowest BCUT2D eigenvalue weighted by molar-refractivity contribution is 0.0697. The number of carboxylic acid groups (broad SMARTS) is 1. The molecule has 3 aromatic rings. The Kier molecular flexibility index (Phi) is 6.01. The van der Waals surface area contributed by atoms with Gasteiger partial charge in [0.15, 0.2) is 0 Å². The summed E-state index contributed by atoms with van der Waals surface area (Å²) in [4.78, 5) is 19.3. The SMILES string of the molecule is N#Cc1cccc(N2CCN(CCCCc3c[nH]c4ccc(C(=O)O)cc34)CC2)c1. The number of H-pyrrole nitrogens is 1. The Labute approximate surface area is 176 Å². The molecule has 2 aromatic carbocycles. The molecule has 0 unspecified atom stereocenters. The third kappa shape index (κ3) is 4.47. The fraction of sp³-hybridized carbons (Fsp3) is 0.333. The fourth-order valence-electron chi connectivity index (χ4n) is 4.17. The van der Waals surface area contributed by atoms with Crippen LogP contribution < -0.4 is 4.90 Å². The van der Waals surface area contributed by atoms with Gasteiger partial charge in [-0.25, -0.2) is 4.79 Å². The van der Waals surface area contributed by atoms with Crippen molar-refractivity contribution in [3.63, 3.8) is 0 Å². The number of anilines is 1. The van der Waals surface area contributed by atoms with E-state index >= 15 is 0 Å². The molecule has 0 radical (unpaired) electrons. The van der Waals surface area contributed by atoms with Crippen molar-refractivity contribution in [3.05, 3.63) is 65.4 Å². The van der Waals surface area contributed by atoms with E-state index in [0.717, 1.165) is 68.6 Å². The first-order valence-corrected chi connectivity index (χ1v) is 10.4. The van der Waals surface area contributed by atoms with Crippen molar-refractivity contribution in [3.8, 4) is 6.07 Å². The summed E-state index contributed by atoms with van der Waals surface area (Å²) < 4.78 is 0. The molecule has 1 fully saturated rings. The van der Waals surface area contributed by atoms with Crippen molar-refractivity contribution in [1.29, 1.82) is 5.26 Å². The Morgan fingerprint density at radius 3 is 2.70 bits per heavy atom. The van der Waals surface area contributed by atoms with Crippen molar-refractivity contribution in [2.45, 2.75) is 19.3 Å². The topological polar surface area (TPSA) is 83.4 Å². The highest BCUT2D eigenvalue weighted by molar-refractivity contribution is 5.94. The maximum absolute atomic E-state index is 11.2. The van der Waals surface area contributed by atoms with E-state index in [4.69, 9.17) is 5.26 Å². The second-order valence-corrected chi connectivity index (χ2v) is 7.83. The van der Waals surface area contributed by atoms with E-state index in [0.29, 0.717) is 11.1 Å². The number of rotatable bonds is 7. The number of aromatic carboxylic acids is 1. The van der Waals surface area contributed by atoms with Crippen LogP contribution in [0.5, 0.6) is 0 Å². The molecule has 1 saturated heterocycles. The van der Waals surface area contributed by atoms with Crippen molar-refractivity contribution in [2.75, 3.05) is 37.6 Å². The van der Waals surface area contributed by atoms with Crippen LogP contribution in [0, 0.1) is 11.3 Å². The monoisotopic (exact) mass is 402 g/mol. The Hall–Kier alpha value is -3.30. The Morgan fingerprint density at radius 1 is 1.10 bits per heavy atom. The molecule has 0 atom stereocenters. The number of hydrogen-bond donors (Lipinski definition) is 2. The molecule has 1 aromatic heterocycles. The molecule has 0 aliphatic carbocycles. The van der Waals surface area contributed by atoms with Crippen LogP contribution in [0.3, 0.4) is 0 Å². The normalized spacial score (nSPS) is 14.7. The summed E-state index contributed by atoms with van der Waals surface area (Å²) in [7, 11) is 0. The number of unbranched alkanes of at least 4 members (excludes halogenated alkanes) is 1. The molecule has 0 spiro atoms. The van der Waals surface area contributed by atoms with Gasteiger partial charge in [-0.15, -0.1) is 0 Å². The first-order valence-electron chi connectivity index (χ1n) is 10.4. The number of aryl methyl sites for hydroxylation is 1. The lowest BCUT2D eigenvalue weighted by Crippen LogP contribution is -2.46. The largest absolute Gasteiger partial charge is 0.478 e. The molecule has 0 amide bonds. The minimum atomic E-state index is -0.887. The summed E-state index contributed by atoms with van der Waals surface area (Å²) in [6.45, 7) is 5.11. The van der Waals surface area contributed by atoms with Crippen LogP contribution in [0.4, 0.5) is 5.69 Å². The third-order valence-corrected chi connectivity index (χ3v) is 5.90. The number of nitrogens with zero attached hydrogens (tertiary/aromatic N) is 3. The average molecular weight is 402 g/mol. The lowest BCUT2D eigenvalue weighted by Gasteiger charge is -2.36. The summed E-state index contributed by atoms with van der Waals surface area (Å²) in [5.41, 5.74) is 4.36. The standard InChI is InChI=1S/C24H26N4O2/c25-16-18-4-3-6-21(14-18)28-12-10-27(11-13-28)9-2-1-5-20-17-26-23-8-7-19(24(29)30)15-22(20)23/h3-4,6-8,14-15,17,26H,1-2,5,9-13H2,(H,29,30). The van der Waals surface area contributed by atoms with Gasteiger partial charge in [-0.05, 0) is 67.8 Å². The van der Waals surface area contributed by atoms with Crippen LogP contribution in [0.2, 0.25) is 0 Å². The zero-order valence-electron chi connectivity index (χ0n) is 17.0. The molecule has 0 bridgehead atoms. The van der Waals surface area contributed by atoms with E-state index in [1.54, 1.807) is 12.1 Å². The van der Waals surface area contributed by atoms with E-state index in [1.807, 2.05) is 30.5 Å². The molecule has 0 saturated carbocycles. The van der Waals surface area contributed by atoms with E-state index < -0.39 is 5.97 Å². The van der Waals surface area contributed by atoms with Gasteiger partial charge in [0.2, 0.25) is 0 Å². The number of nitrogens with one attached hydrogen (secondary N) is 1. The van der Waals surface area contributed by atoms with Gasteiger partial charge in [-0.1, -0.05) is 6.07 Å². The van der Waals surface area contributed by atoms with Crippen molar-refractivity contribution in [1.82, 2.24) is 9.88 Å². The summed E-state index contributed by atoms with van der Waals surface area (Å²) in [5.74, 6) is -0.887. The van der Waals surface area contributed by atoms with Crippen LogP contribution in [0.15, 0.2) is 48.7 Å². The predicted molar refractivity (Wildman–Crippen MR) is 118 cm³/mol. The number of benzene rings is 2. The number of carboxylic acids is 1. The zero-order chi connectivity index (χ0) is 20.9. The minimum Gasteiger partial charge on any atom is -0.478 e. The number of fused-ring (bicyclic) bond motifs is 1. The molecular weight excluding hydrogens is 376 g/mol.